The molecule has 5 heteroatoms. The molecule has 2 aromatic rings. The predicted octanol–water partition coefficient (Wildman–Crippen LogP) is 1.74. The molecule has 2 aliphatic rings. The van der Waals surface area contributed by atoms with Crippen molar-refractivity contribution in [1.29, 1.82) is 0 Å². The first-order valence-corrected chi connectivity index (χ1v) is 6.60. The monoisotopic (exact) mass is 257 g/mol. The van der Waals surface area contributed by atoms with Gasteiger partial charge in [0.1, 0.15) is 5.52 Å². The average Bonchev–Trinajstić information content (AvgIpc) is 2.84. The van der Waals surface area contributed by atoms with Crippen LogP contribution in [0, 0.1) is 5.41 Å². The highest BCUT2D eigenvalue weighted by atomic mass is 16.4. The van der Waals surface area contributed by atoms with E-state index in [1.165, 1.54) is 12.8 Å². The summed E-state index contributed by atoms with van der Waals surface area (Å²) in [5, 5.41) is 3.46. The lowest BCUT2D eigenvalue weighted by atomic mass is 10.0. The van der Waals surface area contributed by atoms with Crippen molar-refractivity contribution in [3.8, 4) is 0 Å². The number of hydrogen-bond acceptors (Lipinski definition) is 4. The Labute approximate surface area is 110 Å². The molecule has 0 radical (unpaired) electrons. The van der Waals surface area contributed by atoms with Gasteiger partial charge in [-0.25, -0.2) is 4.98 Å². The molecule has 3 N–H and O–H groups in total. The van der Waals surface area contributed by atoms with Crippen molar-refractivity contribution in [3.05, 3.63) is 29.7 Å². The van der Waals surface area contributed by atoms with Gasteiger partial charge in [0.2, 0.25) is 5.89 Å². The normalized spacial score (nSPS) is 24.1. The number of oxazole rings is 1. The van der Waals surface area contributed by atoms with Gasteiger partial charge in [-0.3, -0.25) is 4.79 Å². The lowest BCUT2D eigenvalue weighted by molar-refractivity contribution is 0.100. The largest absolute Gasteiger partial charge is 0.438 e. The minimum atomic E-state index is -0.480. The number of para-hydroxylation sites is 1. The Kier molecular flexibility index (Phi) is 2.07. The number of nitrogens with zero attached hydrogens (tertiary/aromatic N) is 1. The molecule has 1 saturated heterocycles. The molecule has 1 aliphatic heterocycles. The second kappa shape index (κ2) is 3.57. The number of primary amides is 1. The average molecular weight is 257 g/mol. The maximum absolute atomic E-state index is 11.4. The van der Waals surface area contributed by atoms with Crippen LogP contribution in [0.5, 0.6) is 0 Å². The van der Waals surface area contributed by atoms with Crippen LogP contribution >= 0.6 is 0 Å². The van der Waals surface area contributed by atoms with Gasteiger partial charge in [-0.15, -0.1) is 0 Å². The molecule has 19 heavy (non-hydrogen) atoms. The first-order valence-electron chi connectivity index (χ1n) is 6.60. The topological polar surface area (TPSA) is 81.2 Å². The highest BCUT2D eigenvalue weighted by molar-refractivity contribution is 6.03. The van der Waals surface area contributed by atoms with Crippen molar-refractivity contribution in [3.63, 3.8) is 0 Å². The molecule has 1 spiro atoms. The first-order chi connectivity index (χ1) is 9.17. The third-order valence-corrected chi connectivity index (χ3v) is 4.31. The van der Waals surface area contributed by atoms with Gasteiger partial charge in [0.25, 0.3) is 5.91 Å². The van der Waals surface area contributed by atoms with Gasteiger partial charge < -0.3 is 15.5 Å². The van der Waals surface area contributed by atoms with E-state index in [4.69, 9.17) is 10.2 Å². The minimum Gasteiger partial charge on any atom is -0.438 e. The van der Waals surface area contributed by atoms with Crippen molar-refractivity contribution >= 4 is 17.0 Å². The van der Waals surface area contributed by atoms with Gasteiger partial charge in [-0.05, 0) is 36.8 Å². The van der Waals surface area contributed by atoms with Gasteiger partial charge in [0, 0.05) is 6.54 Å². The van der Waals surface area contributed by atoms with Crippen LogP contribution in [0.2, 0.25) is 0 Å². The van der Waals surface area contributed by atoms with E-state index in [-0.39, 0.29) is 6.04 Å². The fraction of sp³-hybridized carbons (Fsp3) is 0.429. The molecule has 0 bridgehead atoms. The van der Waals surface area contributed by atoms with Crippen LogP contribution in [0.25, 0.3) is 11.1 Å². The van der Waals surface area contributed by atoms with Crippen LogP contribution in [-0.4, -0.2) is 17.4 Å². The molecule has 1 amide bonds. The van der Waals surface area contributed by atoms with Crippen LogP contribution in [0.15, 0.2) is 22.6 Å². The zero-order valence-electron chi connectivity index (χ0n) is 10.5. The minimum absolute atomic E-state index is 0.163. The Bertz CT molecular complexity index is 672. The molecule has 5 nitrogen and oxygen atoms in total. The third kappa shape index (κ3) is 1.65. The number of carbonyl (C=O) groups is 1. The highest BCUT2D eigenvalue weighted by Crippen LogP contribution is 2.54. The zero-order valence-corrected chi connectivity index (χ0v) is 10.5. The molecule has 2 fully saturated rings. The number of nitrogens with one attached hydrogen (secondary N) is 1. The number of benzene rings is 1. The van der Waals surface area contributed by atoms with E-state index in [0.717, 1.165) is 13.0 Å². The molecule has 1 aromatic heterocycles. The Hall–Kier alpha value is -1.88. The van der Waals surface area contributed by atoms with E-state index in [2.05, 4.69) is 10.3 Å². The second-order valence-corrected chi connectivity index (χ2v) is 5.71. The van der Waals surface area contributed by atoms with Crippen LogP contribution in [0.1, 0.15) is 41.6 Å². The molecule has 1 atom stereocenters. The smallest absolute Gasteiger partial charge is 0.252 e. The third-order valence-electron chi connectivity index (χ3n) is 4.31. The van der Waals surface area contributed by atoms with E-state index < -0.39 is 5.91 Å². The Morgan fingerprint density at radius 1 is 1.47 bits per heavy atom. The van der Waals surface area contributed by atoms with E-state index >= 15 is 0 Å². The molecule has 1 unspecified atom stereocenters. The molecule has 4 rings (SSSR count). The van der Waals surface area contributed by atoms with E-state index in [1.807, 2.05) is 6.07 Å². The molecule has 2 heterocycles. The van der Waals surface area contributed by atoms with Crippen molar-refractivity contribution in [2.75, 3.05) is 6.54 Å². The van der Waals surface area contributed by atoms with E-state index in [1.54, 1.807) is 12.1 Å². The summed E-state index contributed by atoms with van der Waals surface area (Å²) in [5.41, 5.74) is 7.44. The lowest BCUT2D eigenvalue weighted by Gasteiger charge is -2.04. The van der Waals surface area contributed by atoms with Crippen LogP contribution < -0.4 is 11.1 Å². The fourth-order valence-electron chi connectivity index (χ4n) is 2.96. The molecule has 98 valence electrons. The lowest BCUT2D eigenvalue weighted by Crippen LogP contribution is -2.14. The maximum atomic E-state index is 11.4. The summed E-state index contributed by atoms with van der Waals surface area (Å²) in [7, 11) is 0. The molecular formula is C14H15N3O2. The summed E-state index contributed by atoms with van der Waals surface area (Å²) < 4.78 is 5.79. The Balaban J connectivity index is 1.75. The van der Waals surface area contributed by atoms with Crippen molar-refractivity contribution in [2.24, 2.45) is 11.1 Å². The second-order valence-electron chi connectivity index (χ2n) is 5.71. The predicted molar refractivity (Wildman–Crippen MR) is 69.6 cm³/mol. The molecule has 1 aromatic carbocycles. The SMILES string of the molecule is NC(=O)c1cccc2nc(C3CC4(CC4)CN3)oc12. The zero-order chi connectivity index (χ0) is 13.0. The number of carbonyl (C=O) groups excluding carboxylic acids is 1. The summed E-state index contributed by atoms with van der Waals surface area (Å²) in [6, 6.07) is 5.45. The number of nitrogens with two attached hydrogens (primary N) is 1. The summed E-state index contributed by atoms with van der Waals surface area (Å²) in [4.78, 5) is 15.9. The van der Waals surface area contributed by atoms with Crippen LogP contribution in [0.4, 0.5) is 0 Å². The van der Waals surface area contributed by atoms with Gasteiger partial charge in [0.15, 0.2) is 5.58 Å². The summed E-state index contributed by atoms with van der Waals surface area (Å²) in [5.74, 6) is 0.193. The van der Waals surface area contributed by atoms with E-state index in [9.17, 15) is 4.79 Å². The first kappa shape index (κ1) is 11.0. The Morgan fingerprint density at radius 2 is 2.32 bits per heavy atom. The van der Waals surface area contributed by atoms with Gasteiger partial charge in [-0.1, -0.05) is 6.07 Å². The number of fused-ring (bicyclic) bond motifs is 1. The summed E-state index contributed by atoms with van der Waals surface area (Å²) in [6.45, 7) is 1.04. The standard InChI is InChI=1S/C14H15N3O2/c15-12(18)8-2-1-3-9-11(8)19-13(17-9)10-6-14(4-5-14)7-16-10/h1-3,10,16H,4-7H2,(H2,15,18). The quantitative estimate of drug-likeness (QED) is 0.858. The Morgan fingerprint density at radius 3 is 3.00 bits per heavy atom. The molecule has 1 aliphatic carbocycles. The number of amides is 1. The van der Waals surface area contributed by atoms with Crippen LogP contribution in [-0.2, 0) is 0 Å². The highest BCUT2D eigenvalue weighted by Gasteiger charge is 2.49. The van der Waals surface area contributed by atoms with Gasteiger partial charge >= 0.3 is 0 Å². The fourth-order valence-corrected chi connectivity index (χ4v) is 2.96. The number of hydrogen-bond donors (Lipinski definition) is 2. The molecular weight excluding hydrogens is 242 g/mol. The summed E-state index contributed by atoms with van der Waals surface area (Å²) >= 11 is 0. The van der Waals surface area contributed by atoms with Crippen molar-refractivity contribution in [1.82, 2.24) is 10.3 Å². The van der Waals surface area contributed by atoms with Crippen molar-refractivity contribution in [2.45, 2.75) is 25.3 Å². The number of rotatable bonds is 2. The summed E-state index contributed by atoms with van der Waals surface area (Å²) in [6.07, 6.45) is 3.66. The van der Waals surface area contributed by atoms with Crippen LogP contribution in [0.3, 0.4) is 0 Å². The molecule has 1 saturated carbocycles. The maximum Gasteiger partial charge on any atom is 0.252 e. The van der Waals surface area contributed by atoms with E-state index in [0.29, 0.717) is 28.0 Å². The van der Waals surface area contributed by atoms with Gasteiger partial charge in [-0.2, -0.15) is 0 Å². The van der Waals surface area contributed by atoms with Gasteiger partial charge in [0.05, 0.1) is 11.6 Å². The number of aromatic nitrogens is 1. The van der Waals surface area contributed by atoms with Crippen molar-refractivity contribution < 1.29 is 9.21 Å².